The molecule has 0 spiro atoms. The highest BCUT2D eigenvalue weighted by Crippen LogP contribution is 2.48. The van der Waals surface area contributed by atoms with Gasteiger partial charge in [0.15, 0.2) is 5.76 Å². The normalized spacial score (nSPS) is 13.8. The molecule has 3 aromatic carbocycles. The summed E-state index contributed by atoms with van der Waals surface area (Å²) in [5.74, 6) is -0.346. The third-order valence-corrected chi connectivity index (χ3v) is 7.35. The van der Waals surface area contributed by atoms with Crippen LogP contribution >= 0.6 is 0 Å². The number of hydrogen-bond acceptors (Lipinski definition) is 4. The summed E-state index contributed by atoms with van der Waals surface area (Å²) >= 11 is 0. The number of aryl methyl sites for hydroxylation is 1. The van der Waals surface area contributed by atoms with E-state index in [2.05, 4.69) is 5.16 Å². The van der Waals surface area contributed by atoms with E-state index in [4.69, 9.17) is 9.51 Å². The van der Waals surface area contributed by atoms with E-state index in [0.717, 1.165) is 44.8 Å². The molecule has 0 bridgehead atoms. The number of aliphatic carboxylic acids is 1. The van der Waals surface area contributed by atoms with Gasteiger partial charge in [0.2, 0.25) is 0 Å². The number of carboxylic acid groups (broad SMARTS) is 1. The third-order valence-electron chi connectivity index (χ3n) is 7.35. The third kappa shape index (κ3) is 4.39. The minimum Gasteiger partial charge on any atom is -0.481 e. The first kappa shape index (κ1) is 23.8. The van der Waals surface area contributed by atoms with Crippen LogP contribution in [-0.4, -0.2) is 21.2 Å². The van der Waals surface area contributed by atoms with Crippen molar-refractivity contribution in [1.82, 2.24) is 10.1 Å². The number of hydrogen-bond donors (Lipinski definition) is 1. The molecule has 0 atom stereocenters. The smallest absolute Gasteiger partial charge is 0.314 e. The van der Waals surface area contributed by atoms with Crippen molar-refractivity contribution in [3.05, 3.63) is 119 Å². The second-order valence-corrected chi connectivity index (χ2v) is 9.82. The highest BCUT2D eigenvalue weighted by Gasteiger charge is 2.51. The number of nitrogens with zero attached hydrogens (tertiary/aromatic N) is 2. The zero-order valence-corrected chi connectivity index (χ0v) is 20.8. The molecule has 1 saturated carbocycles. The van der Waals surface area contributed by atoms with Crippen molar-refractivity contribution in [2.75, 3.05) is 0 Å². The maximum atomic E-state index is 13.7. The lowest BCUT2D eigenvalue weighted by Gasteiger charge is -2.11. The van der Waals surface area contributed by atoms with E-state index in [1.54, 1.807) is 6.07 Å². The monoisotopic (exact) mass is 504 g/mol. The predicted octanol–water partition coefficient (Wildman–Crippen LogP) is 7.23. The van der Waals surface area contributed by atoms with E-state index in [1.165, 1.54) is 12.1 Å². The molecule has 6 rings (SSSR count). The molecule has 38 heavy (non-hydrogen) atoms. The minimum atomic E-state index is -0.747. The van der Waals surface area contributed by atoms with Crippen LogP contribution in [0.5, 0.6) is 0 Å². The number of pyridine rings is 1. The predicted molar refractivity (Wildman–Crippen MR) is 143 cm³/mol. The standard InChI is InChI=1S/C32H25FN2O3/c1-20-28(19-27-6-3-7-29(34-27)24-4-2-5-26(33)18-24)30(38-35-20)23-10-8-21(9-11-23)22-12-14-25(15-13-22)32(16-17-32)31(36)37/h2-15,18H,16-17,19H2,1H3,(H,36,37). The summed E-state index contributed by atoms with van der Waals surface area (Å²) in [7, 11) is 0. The largest absolute Gasteiger partial charge is 0.481 e. The number of halogens is 1. The molecule has 0 aliphatic heterocycles. The first-order valence-corrected chi connectivity index (χ1v) is 12.5. The number of carboxylic acids is 1. The second-order valence-electron chi connectivity index (χ2n) is 9.82. The van der Waals surface area contributed by atoms with E-state index in [1.807, 2.05) is 79.7 Å². The SMILES string of the molecule is Cc1noc(-c2ccc(-c3ccc(C4(C(=O)O)CC4)cc3)cc2)c1Cc1cccc(-c2cccc(F)c2)n1. The molecule has 1 fully saturated rings. The summed E-state index contributed by atoms with van der Waals surface area (Å²) in [6.07, 6.45) is 1.92. The average molecular weight is 505 g/mol. The second kappa shape index (κ2) is 9.38. The highest BCUT2D eigenvalue weighted by atomic mass is 19.1. The fraction of sp³-hybridized carbons (Fsp3) is 0.156. The van der Waals surface area contributed by atoms with Gasteiger partial charge in [-0.3, -0.25) is 9.78 Å². The van der Waals surface area contributed by atoms with E-state index >= 15 is 0 Å². The maximum absolute atomic E-state index is 13.7. The molecule has 1 N–H and O–H groups in total. The maximum Gasteiger partial charge on any atom is 0.314 e. The van der Waals surface area contributed by atoms with Gasteiger partial charge >= 0.3 is 5.97 Å². The van der Waals surface area contributed by atoms with E-state index in [-0.39, 0.29) is 5.82 Å². The van der Waals surface area contributed by atoms with Gasteiger partial charge in [0.25, 0.3) is 0 Å². The van der Waals surface area contributed by atoms with Gasteiger partial charge in [-0.1, -0.05) is 71.9 Å². The molecule has 0 amide bonds. The molecule has 188 valence electrons. The Balaban J connectivity index is 1.24. The van der Waals surface area contributed by atoms with E-state index < -0.39 is 11.4 Å². The Kier molecular flexibility index (Phi) is 5.87. The van der Waals surface area contributed by atoms with Crippen molar-refractivity contribution in [3.8, 4) is 33.7 Å². The Morgan fingerprint density at radius 3 is 2.21 bits per heavy atom. The molecule has 5 nitrogen and oxygen atoms in total. The molecule has 6 heteroatoms. The van der Waals surface area contributed by atoms with Crippen molar-refractivity contribution in [1.29, 1.82) is 0 Å². The van der Waals surface area contributed by atoms with Crippen LogP contribution in [0.2, 0.25) is 0 Å². The molecule has 0 radical (unpaired) electrons. The Morgan fingerprint density at radius 1 is 0.895 bits per heavy atom. The van der Waals surface area contributed by atoms with Crippen molar-refractivity contribution < 1.29 is 18.8 Å². The van der Waals surface area contributed by atoms with E-state index in [9.17, 15) is 14.3 Å². The Bertz CT molecular complexity index is 1630. The quantitative estimate of drug-likeness (QED) is 0.253. The van der Waals surface area contributed by atoms with Crippen LogP contribution in [0, 0.1) is 12.7 Å². The summed E-state index contributed by atoms with van der Waals surface area (Å²) in [5.41, 5.74) is 7.15. The van der Waals surface area contributed by atoms with Gasteiger partial charge in [0.1, 0.15) is 5.82 Å². The lowest BCUT2D eigenvalue weighted by atomic mass is 9.93. The Hall–Kier alpha value is -4.58. The lowest BCUT2D eigenvalue weighted by Crippen LogP contribution is -2.19. The molecule has 2 heterocycles. The van der Waals surface area contributed by atoms with Crippen LogP contribution in [0.1, 0.15) is 35.4 Å². The number of rotatable bonds is 7. The molecular formula is C32H25FN2O3. The first-order valence-electron chi connectivity index (χ1n) is 12.5. The van der Waals surface area contributed by atoms with Gasteiger partial charge in [0, 0.05) is 28.8 Å². The Morgan fingerprint density at radius 2 is 1.55 bits per heavy atom. The molecule has 5 aromatic rings. The number of carbonyl (C=O) groups is 1. The van der Waals surface area contributed by atoms with Crippen LogP contribution in [0.15, 0.2) is 95.5 Å². The van der Waals surface area contributed by atoms with Gasteiger partial charge in [-0.25, -0.2) is 4.39 Å². The summed E-state index contributed by atoms with van der Waals surface area (Å²) in [6, 6.07) is 28.0. The van der Waals surface area contributed by atoms with Crippen molar-refractivity contribution >= 4 is 5.97 Å². The molecule has 0 unspecified atom stereocenters. The molecule has 2 aromatic heterocycles. The number of benzene rings is 3. The molecular weight excluding hydrogens is 479 g/mol. The average Bonchev–Trinajstić information content (AvgIpc) is 3.68. The summed E-state index contributed by atoms with van der Waals surface area (Å²) < 4.78 is 19.4. The summed E-state index contributed by atoms with van der Waals surface area (Å²) in [4.78, 5) is 16.4. The lowest BCUT2D eigenvalue weighted by molar-refractivity contribution is -0.140. The van der Waals surface area contributed by atoms with Crippen LogP contribution in [0.25, 0.3) is 33.7 Å². The van der Waals surface area contributed by atoms with E-state index in [0.29, 0.717) is 30.7 Å². The fourth-order valence-electron chi connectivity index (χ4n) is 4.94. The fourth-order valence-corrected chi connectivity index (χ4v) is 4.94. The molecule has 1 aliphatic carbocycles. The van der Waals surface area contributed by atoms with Gasteiger partial charge in [-0.05, 0) is 60.7 Å². The van der Waals surface area contributed by atoms with Gasteiger partial charge < -0.3 is 9.63 Å². The van der Waals surface area contributed by atoms with Gasteiger partial charge in [-0.15, -0.1) is 0 Å². The highest BCUT2D eigenvalue weighted by molar-refractivity contribution is 5.85. The molecule has 1 aliphatic rings. The van der Waals surface area contributed by atoms with Crippen molar-refractivity contribution in [2.45, 2.75) is 31.6 Å². The van der Waals surface area contributed by atoms with Gasteiger partial charge in [0.05, 0.1) is 16.8 Å². The zero-order valence-electron chi connectivity index (χ0n) is 20.8. The first-order chi connectivity index (χ1) is 18.4. The van der Waals surface area contributed by atoms with Crippen molar-refractivity contribution in [3.63, 3.8) is 0 Å². The number of aromatic nitrogens is 2. The van der Waals surface area contributed by atoms with Gasteiger partial charge in [-0.2, -0.15) is 0 Å². The summed E-state index contributed by atoms with van der Waals surface area (Å²) in [5, 5.41) is 13.8. The topological polar surface area (TPSA) is 76.2 Å². The van der Waals surface area contributed by atoms with Crippen LogP contribution in [-0.2, 0) is 16.6 Å². The van der Waals surface area contributed by atoms with Crippen LogP contribution in [0.3, 0.4) is 0 Å². The minimum absolute atomic E-state index is 0.293. The zero-order chi connectivity index (χ0) is 26.3. The van der Waals surface area contributed by atoms with Crippen LogP contribution in [0.4, 0.5) is 4.39 Å². The Labute approximate surface area is 219 Å². The van der Waals surface area contributed by atoms with Crippen LogP contribution < -0.4 is 0 Å². The van der Waals surface area contributed by atoms with Crippen molar-refractivity contribution in [2.24, 2.45) is 0 Å². The molecule has 0 saturated heterocycles. The summed E-state index contributed by atoms with van der Waals surface area (Å²) in [6.45, 7) is 1.92.